The fourth-order valence-corrected chi connectivity index (χ4v) is 5.32. The summed E-state index contributed by atoms with van der Waals surface area (Å²) in [6, 6.07) is 0. The van der Waals surface area contributed by atoms with Crippen molar-refractivity contribution < 1.29 is 71.0 Å². The Labute approximate surface area is 187 Å². The Bertz CT molecular complexity index is 967. The molecular formula is C13H26F5N2O10S3+. The molecule has 200 valence electrons. The van der Waals surface area contributed by atoms with Gasteiger partial charge in [0.2, 0.25) is 0 Å². The molecule has 0 heterocycles. The Balaban J connectivity index is 5.61. The summed E-state index contributed by atoms with van der Waals surface area (Å²) in [6.45, 7) is -3.16. The van der Waals surface area contributed by atoms with Crippen molar-refractivity contribution in [3.63, 3.8) is 0 Å². The van der Waals surface area contributed by atoms with E-state index in [1.54, 1.807) is 0 Å². The van der Waals surface area contributed by atoms with Gasteiger partial charge < -0.3 is 14.7 Å². The van der Waals surface area contributed by atoms with Crippen LogP contribution < -0.4 is 0 Å². The highest BCUT2D eigenvalue weighted by Crippen LogP contribution is 2.41. The highest BCUT2D eigenvalue weighted by Gasteiger charge is 2.69. The van der Waals surface area contributed by atoms with Crippen LogP contribution in [0.2, 0.25) is 0 Å². The van der Waals surface area contributed by atoms with Crippen LogP contribution in [0.5, 0.6) is 0 Å². The Kier molecular flexibility index (Phi) is 10.6. The lowest BCUT2D eigenvalue weighted by Gasteiger charge is -2.33. The number of quaternary nitrogens is 1. The highest BCUT2D eigenvalue weighted by molar-refractivity contribution is 7.90. The van der Waals surface area contributed by atoms with Gasteiger partial charge in [-0.25, -0.2) is 8.42 Å². The zero-order chi connectivity index (χ0) is 26.7. The summed E-state index contributed by atoms with van der Waals surface area (Å²) in [5.41, 5.74) is 0. The summed E-state index contributed by atoms with van der Waals surface area (Å²) in [7, 11) is -13.2. The van der Waals surface area contributed by atoms with Gasteiger partial charge in [-0.3, -0.25) is 9.11 Å². The Morgan fingerprint density at radius 2 is 1.27 bits per heavy atom. The van der Waals surface area contributed by atoms with E-state index < -0.39 is 89.2 Å². The van der Waals surface area contributed by atoms with Crippen molar-refractivity contribution in [2.75, 3.05) is 51.8 Å². The molecule has 0 rings (SSSR count). The zero-order valence-electron chi connectivity index (χ0n) is 17.4. The molecule has 20 heteroatoms. The third-order valence-electron chi connectivity index (χ3n) is 4.09. The maximum absolute atomic E-state index is 13.6. The fraction of sp³-hybridized carbons (Fsp3) is 1.00. The van der Waals surface area contributed by atoms with Crippen LogP contribution in [0.25, 0.3) is 0 Å². The molecule has 12 nitrogen and oxygen atoms in total. The van der Waals surface area contributed by atoms with Gasteiger partial charge in [-0.15, -0.1) is 0 Å². The molecule has 0 fully saturated rings. The quantitative estimate of drug-likeness (QED) is 0.113. The molecule has 0 aromatic heterocycles. The molecule has 2 unspecified atom stereocenters. The van der Waals surface area contributed by atoms with Crippen molar-refractivity contribution in [3.8, 4) is 0 Å². The first-order valence-electron chi connectivity index (χ1n) is 8.83. The van der Waals surface area contributed by atoms with Gasteiger partial charge in [-0.1, -0.05) is 0 Å². The normalized spacial score (nSPS) is 16.7. The van der Waals surface area contributed by atoms with Crippen LogP contribution in [-0.4, -0.2) is 129 Å². The molecule has 0 aromatic rings. The highest BCUT2D eigenvalue weighted by atomic mass is 32.2. The van der Waals surface area contributed by atoms with Crippen molar-refractivity contribution in [2.45, 2.75) is 30.1 Å². The molecular weight excluding hydrogens is 535 g/mol. The van der Waals surface area contributed by atoms with Crippen molar-refractivity contribution >= 4 is 30.3 Å². The standard InChI is InChI=1S/C13H25F5N2O10S3/c1-20(2,7-11(22)9-32(26,27)28)5-3-4-19(6-10(21)8-31(23,24)25)33(29,30)13(17,18)12(14,15)16/h10-11,21-22H,3-9H2,1-2H3,(H-,23,24,25,26,27,28)/p+1. The van der Waals surface area contributed by atoms with Crippen LogP contribution in [0, 0.1) is 0 Å². The largest absolute Gasteiger partial charge is 0.470 e. The van der Waals surface area contributed by atoms with Gasteiger partial charge >= 0.3 is 11.4 Å². The molecule has 0 saturated heterocycles. The van der Waals surface area contributed by atoms with E-state index in [1.807, 2.05) is 0 Å². The van der Waals surface area contributed by atoms with Crippen LogP contribution in [0.3, 0.4) is 0 Å². The minimum Gasteiger partial charge on any atom is -0.391 e. The minimum atomic E-state index is -6.53. The molecule has 0 saturated carbocycles. The Morgan fingerprint density at radius 3 is 1.67 bits per heavy atom. The van der Waals surface area contributed by atoms with Gasteiger partial charge in [-0.05, 0) is 0 Å². The van der Waals surface area contributed by atoms with E-state index in [0.29, 0.717) is 0 Å². The number of hydrogen-bond acceptors (Lipinski definition) is 8. The number of sulfonamides is 1. The van der Waals surface area contributed by atoms with E-state index in [9.17, 15) is 57.4 Å². The number of rotatable bonds is 14. The Morgan fingerprint density at radius 1 is 0.848 bits per heavy atom. The molecule has 0 aromatic carbocycles. The van der Waals surface area contributed by atoms with Crippen molar-refractivity contribution in [3.05, 3.63) is 0 Å². The maximum Gasteiger partial charge on any atom is 0.470 e. The number of nitrogens with zero attached hydrogens (tertiary/aromatic N) is 2. The average Bonchev–Trinajstić information content (AvgIpc) is 2.47. The second-order valence-corrected chi connectivity index (χ2v) is 12.9. The monoisotopic (exact) mass is 561 g/mol. The van der Waals surface area contributed by atoms with Crippen LogP contribution in [-0.2, 0) is 30.3 Å². The summed E-state index contributed by atoms with van der Waals surface area (Å²) < 4.78 is 149. The van der Waals surface area contributed by atoms with Gasteiger partial charge in [0.15, 0.2) is 0 Å². The summed E-state index contributed by atoms with van der Waals surface area (Å²) in [6.07, 6.45) is -10.9. The fourth-order valence-electron chi connectivity index (χ4n) is 2.78. The first-order chi connectivity index (χ1) is 14.3. The SMILES string of the molecule is C[N+](C)(CCCN(CC(O)CS(=O)(=O)O)S(=O)(=O)C(F)(F)C(F)(F)F)CC(O)CS(=O)(=O)O. The number of halogens is 5. The lowest BCUT2D eigenvalue weighted by Crippen LogP contribution is -2.54. The number of aliphatic hydroxyl groups is 2. The third kappa shape index (κ3) is 11.0. The van der Waals surface area contributed by atoms with Crippen LogP contribution in [0.1, 0.15) is 6.42 Å². The molecule has 4 N–H and O–H groups in total. The summed E-state index contributed by atoms with van der Waals surface area (Å²) in [4.78, 5) is 0. The van der Waals surface area contributed by atoms with Gasteiger partial charge in [0.05, 0.1) is 26.7 Å². The predicted octanol–water partition coefficient (Wildman–Crippen LogP) is -1.26. The maximum atomic E-state index is 13.6. The molecule has 0 aliphatic heterocycles. The number of hydrogen-bond donors (Lipinski definition) is 4. The van der Waals surface area contributed by atoms with Crippen molar-refractivity contribution in [2.24, 2.45) is 0 Å². The van der Waals surface area contributed by atoms with Crippen LogP contribution in [0.4, 0.5) is 22.0 Å². The average molecular weight is 562 g/mol. The minimum absolute atomic E-state index is 0.222. The third-order valence-corrected chi connectivity index (χ3v) is 7.59. The predicted molar refractivity (Wildman–Crippen MR) is 103 cm³/mol. The van der Waals surface area contributed by atoms with Crippen LogP contribution >= 0.6 is 0 Å². The molecule has 0 bridgehead atoms. The summed E-state index contributed by atoms with van der Waals surface area (Å²) in [5.74, 6) is -2.59. The first kappa shape index (κ1) is 32.3. The summed E-state index contributed by atoms with van der Waals surface area (Å²) in [5, 5.41) is 13.0. The van der Waals surface area contributed by atoms with Gasteiger partial charge in [0.25, 0.3) is 30.3 Å². The van der Waals surface area contributed by atoms with E-state index in [4.69, 9.17) is 9.11 Å². The van der Waals surface area contributed by atoms with Crippen molar-refractivity contribution in [1.82, 2.24) is 4.31 Å². The van der Waals surface area contributed by atoms with Gasteiger partial charge in [0.1, 0.15) is 24.2 Å². The first-order valence-corrected chi connectivity index (χ1v) is 13.5. The second kappa shape index (κ2) is 10.9. The van der Waals surface area contributed by atoms with E-state index in [0.717, 1.165) is 0 Å². The second-order valence-electron chi connectivity index (χ2n) is 7.88. The number of aliphatic hydroxyl groups excluding tert-OH is 2. The van der Waals surface area contributed by atoms with E-state index in [2.05, 4.69) is 0 Å². The topological polar surface area (TPSA) is 187 Å². The Hall–Kier alpha value is -0.740. The zero-order valence-corrected chi connectivity index (χ0v) is 19.8. The smallest absolute Gasteiger partial charge is 0.391 e. The molecule has 0 spiro atoms. The van der Waals surface area contributed by atoms with Gasteiger partial charge in [0, 0.05) is 19.5 Å². The molecule has 0 aliphatic carbocycles. The number of likely N-dealkylation sites (N-methyl/N-ethyl adjacent to an activating group) is 1. The molecule has 0 radical (unpaired) electrons. The lowest BCUT2D eigenvalue weighted by molar-refractivity contribution is -0.893. The van der Waals surface area contributed by atoms with E-state index in [-0.39, 0.29) is 17.6 Å². The lowest BCUT2D eigenvalue weighted by atomic mass is 10.3. The molecule has 0 amide bonds. The molecule has 0 aliphatic rings. The molecule has 33 heavy (non-hydrogen) atoms. The van der Waals surface area contributed by atoms with Crippen LogP contribution in [0.15, 0.2) is 0 Å². The summed E-state index contributed by atoms with van der Waals surface area (Å²) >= 11 is 0. The van der Waals surface area contributed by atoms with E-state index in [1.165, 1.54) is 14.1 Å². The number of alkyl halides is 5. The van der Waals surface area contributed by atoms with Crippen molar-refractivity contribution in [1.29, 1.82) is 0 Å². The van der Waals surface area contributed by atoms with Gasteiger partial charge in [-0.2, -0.15) is 43.1 Å². The molecule has 2 atom stereocenters. The van der Waals surface area contributed by atoms with E-state index >= 15 is 0 Å².